The summed E-state index contributed by atoms with van der Waals surface area (Å²) in [6, 6.07) is 20.1. The lowest BCUT2D eigenvalue weighted by molar-refractivity contribution is -0.118. The summed E-state index contributed by atoms with van der Waals surface area (Å²) in [4.78, 5) is 12.1. The Kier molecular flexibility index (Phi) is 7.22. The zero-order valence-electron chi connectivity index (χ0n) is 15.7. The van der Waals surface area contributed by atoms with E-state index in [0.717, 1.165) is 16.9 Å². The zero-order chi connectivity index (χ0) is 20.6. The molecule has 3 rings (SSSR count). The van der Waals surface area contributed by atoms with E-state index in [0.29, 0.717) is 28.1 Å². The van der Waals surface area contributed by atoms with Crippen molar-refractivity contribution in [2.24, 2.45) is 0 Å². The van der Waals surface area contributed by atoms with E-state index in [1.807, 2.05) is 48.5 Å². The normalized spacial score (nSPS) is 10.3. The lowest BCUT2D eigenvalue weighted by atomic mass is 10.2. The van der Waals surface area contributed by atoms with E-state index in [9.17, 15) is 4.79 Å². The van der Waals surface area contributed by atoms with Crippen molar-refractivity contribution in [1.82, 2.24) is 0 Å². The summed E-state index contributed by atoms with van der Waals surface area (Å²) in [5.74, 6) is 0.795. The Balaban J connectivity index is 1.58. The highest BCUT2D eigenvalue weighted by molar-refractivity contribution is 6.42. The molecule has 0 aliphatic rings. The number of carbonyl (C=O) groups is 1. The molecule has 7 heteroatoms. The van der Waals surface area contributed by atoms with E-state index in [1.165, 1.54) is 0 Å². The number of para-hydroxylation sites is 1. The first kappa shape index (κ1) is 20.8. The van der Waals surface area contributed by atoms with Crippen molar-refractivity contribution in [3.8, 4) is 11.5 Å². The van der Waals surface area contributed by atoms with Crippen LogP contribution in [0.2, 0.25) is 10.0 Å². The maximum absolute atomic E-state index is 12.1. The van der Waals surface area contributed by atoms with Gasteiger partial charge in [-0.15, -0.1) is 0 Å². The van der Waals surface area contributed by atoms with E-state index in [-0.39, 0.29) is 12.5 Å². The predicted octanol–water partition coefficient (Wildman–Crippen LogP) is 5.63. The van der Waals surface area contributed by atoms with Gasteiger partial charge in [-0.3, -0.25) is 4.79 Å². The van der Waals surface area contributed by atoms with Crippen molar-refractivity contribution in [2.45, 2.75) is 6.54 Å². The molecule has 0 radical (unpaired) electrons. The Hall–Kier alpha value is -2.89. The molecule has 2 N–H and O–H groups in total. The van der Waals surface area contributed by atoms with Crippen molar-refractivity contribution < 1.29 is 14.3 Å². The van der Waals surface area contributed by atoms with Crippen LogP contribution in [0.25, 0.3) is 0 Å². The number of ether oxygens (including phenoxy) is 2. The first-order valence-electron chi connectivity index (χ1n) is 8.88. The SMILES string of the molecule is COc1cc(CNc2ccc(Cl)c(Cl)c2)ccc1OCC(=O)Nc1ccccc1. The molecule has 29 heavy (non-hydrogen) atoms. The van der Waals surface area contributed by atoms with E-state index in [4.69, 9.17) is 32.7 Å². The third-order valence-electron chi connectivity index (χ3n) is 4.06. The van der Waals surface area contributed by atoms with Gasteiger partial charge in [0.25, 0.3) is 5.91 Å². The van der Waals surface area contributed by atoms with Crippen LogP contribution in [0.5, 0.6) is 11.5 Å². The number of rotatable bonds is 8. The number of nitrogens with one attached hydrogen (secondary N) is 2. The summed E-state index contributed by atoms with van der Waals surface area (Å²) in [5, 5.41) is 7.05. The van der Waals surface area contributed by atoms with Gasteiger partial charge < -0.3 is 20.1 Å². The second-order valence-corrected chi connectivity index (χ2v) is 6.98. The zero-order valence-corrected chi connectivity index (χ0v) is 17.3. The van der Waals surface area contributed by atoms with Gasteiger partial charge in [0.15, 0.2) is 18.1 Å². The van der Waals surface area contributed by atoms with Gasteiger partial charge in [-0.05, 0) is 48.0 Å². The van der Waals surface area contributed by atoms with Crippen molar-refractivity contribution in [3.63, 3.8) is 0 Å². The van der Waals surface area contributed by atoms with Gasteiger partial charge in [0.05, 0.1) is 17.2 Å². The van der Waals surface area contributed by atoms with Gasteiger partial charge in [0, 0.05) is 17.9 Å². The summed E-state index contributed by atoms with van der Waals surface area (Å²) in [6.45, 7) is 0.440. The molecule has 0 fully saturated rings. The fraction of sp³-hybridized carbons (Fsp3) is 0.136. The molecule has 0 saturated heterocycles. The first-order valence-corrected chi connectivity index (χ1v) is 9.64. The molecule has 5 nitrogen and oxygen atoms in total. The molecule has 150 valence electrons. The molecule has 0 bridgehead atoms. The highest BCUT2D eigenvalue weighted by Crippen LogP contribution is 2.29. The fourth-order valence-electron chi connectivity index (χ4n) is 2.61. The van der Waals surface area contributed by atoms with Gasteiger partial charge in [0.2, 0.25) is 0 Å². The fourth-order valence-corrected chi connectivity index (χ4v) is 2.91. The minimum Gasteiger partial charge on any atom is -0.493 e. The van der Waals surface area contributed by atoms with Crippen molar-refractivity contribution in [1.29, 1.82) is 0 Å². The summed E-state index contributed by atoms with van der Waals surface area (Å²) < 4.78 is 11.0. The average Bonchev–Trinajstić information content (AvgIpc) is 2.74. The van der Waals surface area contributed by atoms with Crippen LogP contribution in [-0.2, 0) is 11.3 Å². The summed E-state index contributed by atoms with van der Waals surface area (Å²) in [5.41, 5.74) is 2.56. The van der Waals surface area contributed by atoms with E-state index >= 15 is 0 Å². The molecule has 0 atom stereocenters. The van der Waals surface area contributed by atoms with Gasteiger partial charge >= 0.3 is 0 Å². The Bertz CT molecular complexity index is 981. The van der Waals surface area contributed by atoms with Gasteiger partial charge in [0.1, 0.15) is 0 Å². The van der Waals surface area contributed by atoms with Crippen molar-refractivity contribution in [3.05, 3.63) is 82.3 Å². The topological polar surface area (TPSA) is 59.6 Å². The maximum atomic E-state index is 12.1. The van der Waals surface area contributed by atoms with Crippen LogP contribution < -0.4 is 20.1 Å². The number of hydrogen-bond acceptors (Lipinski definition) is 4. The number of methoxy groups -OCH3 is 1. The Labute approximate surface area is 179 Å². The molecule has 0 heterocycles. The second-order valence-electron chi connectivity index (χ2n) is 6.17. The summed E-state index contributed by atoms with van der Waals surface area (Å²) in [7, 11) is 1.56. The molecule has 3 aromatic carbocycles. The number of carbonyl (C=O) groups excluding carboxylic acids is 1. The maximum Gasteiger partial charge on any atom is 0.262 e. The molecule has 0 spiro atoms. The number of benzene rings is 3. The minimum absolute atomic E-state index is 0.119. The van der Waals surface area contributed by atoms with Gasteiger partial charge in [-0.25, -0.2) is 0 Å². The van der Waals surface area contributed by atoms with Gasteiger partial charge in [-0.2, -0.15) is 0 Å². The molecular weight excluding hydrogens is 411 g/mol. The number of anilines is 2. The van der Waals surface area contributed by atoms with Crippen molar-refractivity contribution in [2.75, 3.05) is 24.4 Å². The number of amides is 1. The van der Waals surface area contributed by atoms with Crippen LogP contribution >= 0.6 is 23.2 Å². The largest absolute Gasteiger partial charge is 0.493 e. The van der Waals surface area contributed by atoms with Crippen molar-refractivity contribution >= 4 is 40.5 Å². The monoisotopic (exact) mass is 430 g/mol. The summed E-state index contributed by atoms with van der Waals surface area (Å²) in [6.07, 6.45) is 0. The Morgan fingerprint density at radius 3 is 2.41 bits per heavy atom. The highest BCUT2D eigenvalue weighted by Gasteiger charge is 2.09. The van der Waals surface area contributed by atoms with E-state index < -0.39 is 0 Å². The average molecular weight is 431 g/mol. The van der Waals surface area contributed by atoms with Gasteiger partial charge in [-0.1, -0.05) is 47.5 Å². The highest BCUT2D eigenvalue weighted by atomic mass is 35.5. The Morgan fingerprint density at radius 2 is 1.69 bits per heavy atom. The van der Waals surface area contributed by atoms with Crippen LogP contribution in [0, 0.1) is 0 Å². The van der Waals surface area contributed by atoms with Crippen LogP contribution in [0.3, 0.4) is 0 Å². The smallest absolute Gasteiger partial charge is 0.262 e. The van der Waals surface area contributed by atoms with Crippen LogP contribution in [-0.4, -0.2) is 19.6 Å². The standard InChI is InChI=1S/C22H20Cl2N2O3/c1-28-21-11-15(13-25-17-8-9-18(23)19(24)12-17)7-10-20(21)29-14-22(27)26-16-5-3-2-4-6-16/h2-12,25H,13-14H2,1H3,(H,26,27). The third-order valence-corrected chi connectivity index (χ3v) is 4.80. The quantitative estimate of drug-likeness (QED) is 0.485. The van der Waals surface area contributed by atoms with E-state index in [2.05, 4.69) is 10.6 Å². The molecule has 0 aliphatic heterocycles. The Morgan fingerprint density at radius 1 is 0.897 bits per heavy atom. The third kappa shape index (κ3) is 6.04. The lowest BCUT2D eigenvalue weighted by Gasteiger charge is -2.13. The molecule has 0 aromatic heterocycles. The predicted molar refractivity (Wildman–Crippen MR) is 117 cm³/mol. The van der Waals surface area contributed by atoms with Crippen LogP contribution in [0.15, 0.2) is 66.7 Å². The molecule has 1 amide bonds. The molecule has 3 aromatic rings. The lowest BCUT2D eigenvalue weighted by Crippen LogP contribution is -2.20. The minimum atomic E-state index is -0.247. The summed E-state index contributed by atoms with van der Waals surface area (Å²) >= 11 is 12.0. The molecule has 0 aliphatic carbocycles. The van der Waals surface area contributed by atoms with Crippen LogP contribution in [0.1, 0.15) is 5.56 Å². The molecule has 0 unspecified atom stereocenters. The molecular formula is C22H20Cl2N2O3. The van der Waals surface area contributed by atoms with Crippen LogP contribution in [0.4, 0.5) is 11.4 Å². The van der Waals surface area contributed by atoms with E-state index in [1.54, 1.807) is 25.3 Å². The molecule has 0 saturated carbocycles. The second kappa shape index (κ2) is 10.0. The number of hydrogen-bond donors (Lipinski definition) is 2. The first-order chi connectivity index (χ1) is 14.0. The number of halogens is 2.